The first-order valence-corrected chi connectivity index (χ1v) is 3.94. The SMILES string of the molecule is C[N+](C)(CCl)C(Cl)(Cl)Cl. The number of hydrogen-bond donors (Lipinski definition) is 0. The fourth-order valence-corrected chi connectivity index (χ4v) is 0.610. The Bertz CT molecular complexity index is 95.2. The van der Waals surface area contributed by atoms with Gasteiger partial charge in [-0.2, -0.15) is 0 Å². The van der Waals surface area contributed by atoms with Crippen LogP contribution in [0.15, 0.2) is 0 Å². The molecule has 9 heavy (non-hydrogen) atoms. The highest BCUT2D eigenvalue weighted by atomic mass is 35.6. The molecule has 5 heteroatoms. The second-order valence-electron chi connectivity index (χ2n) is 2.27. The van der Waals surface area contributed by atoms with Gasteiger partial charge in [-0.05, 0) is 34.8 Å². The molecule has 0 atom stereocenters. The second kappa shape index (κ2) is 3.02. The third-order valence-corrected chi connectivity index (χ3v) is 2.96. The van der Waals surface area contributed by atoms with E-state index < -0.39 is 3.92 Å². The van der Waals surface area contributed by atoms with E-state index in [0.717, 1.165) is 0 Å². The Balaban J connectivity index is 4.14. The maximum Gasteiger partial charge on any atom is 0.330 e. The molecule has 0 unspecified atom stereocenters. The van der Waals surface area contributed by atoms with Gasteiger partial charge in [0.15, 0.2) is 6.00 Å². The number of halogens is 4. The predicted octanol–water partition coefficient (Wildman–Crippen LogP) is 2.59. The molecule has 0 rings (SSSR count). The zero-order valence-corrected chi connectivity index (χ0v) is 8.19. The van der Waals surface area contributed by atoms with E-state index in [2.05, 4.69) is 0 Å². The fraction of sp³-hybridized carbons (Fsp3) is 1.00. The first kappa shape index (κ1) is 10.1. The highest BCUT2D eigenvalue weighted by Crippen LogP contribution is 2.34. The molecule has 0 aliphatic rings. The minimum atomic E-state index is -1.33. The van der Waals surface area contributed by atoms with Gasteiger partial charge in [0.1, 0.15) is 0 Å². The maximum absolute atomic E-state index is 5.54. The Labute approximate surface area is 75.0 Å². The van der Waals surface area contributed by atoms with Crippen molar-refractivity contribution in [1.82, 2.24) is 0 Å². The van der Waals surface area contributed by atoms with Crippen molar-refractivity contribution in [2.24, 2.45) is 0 Å². The number of rotatable bonds is 1. The van der Waals surface area contributed by atoms with Gasteiger partial charge in [0.2, 0.25) is 0 Å². The zero-order valence-electron chi connectivity index (χ0n) is 5.17. The Morgan fingerprint density at radius 1 is 1.22 bits per heavy atom. The van der Waals surface area contributed by atoms with Crippen molar-refractivity contribution in [3.8, 4) is 0 Å². The molecule has 0 saturated carbocycles. The van der Waals surface area contributed by atoms with Crippen LogP contribution in [-0.4, -0.2) is 28.5 Å². The lowest BCUT2D eigenvalue weighted by Gasteiger charge is -2.33. The van der Waals surface area contributed by atoms with Crippen LogP contribution in [0.2, 0.25) is 0 Å². The van der Waals surface area contributed by atoms with Gasteiger partial charge < -0.3 is 0 Å². The van der Waals surface area contributed by atoms with E-state index in [1.165, 1.54) is 0 Å². The average molecular weight is 212 g/mol. The van der Waals surface area contributed by atoms with Crippen LogP contribution in [0.1, 0.15) is 0 Å². The topological polar surface area (TPSA) is 0 Å². The molecule has 0 aromatic rings. The summed E-state index contributed by atoms with van der Waals surface area (Å²) in [6, 6.07) is 0.274. The predicted molar refractivity (Wildman–Crippen MR) is 43.1 cm³/mol. The van der Waals surface area contributed by atoms with E-state index in [1.54, 1.807) is 14.1 Å². The summed E-state index contributed by atoms with van der Waals surface area (Å²) in [6.45, 7) is 0. The fourth-order valence-electron chi connectivity index (χ4n) is 0.0678. The summed E-state index contributed by atoms with van der Waals surface area (Å²) in [6.07, 6.45) is 0. The lowest BCUT2D eigenvalue weighted by Crippen LogP contribution is -2.48. The Hall–Kier alpha value is 1.12. The number of hydrogen-bond acceptors (Lipinski definition) is 0. The number of quaternary nitrogens is 1. The molecular formula is C4H8Cl4N+. The van der Waals surface area contributed by atoms with Crippen LogP contribution in [0.3, 0.4) is 0 Å². The summed E-state index contributed by atoms with van der Waals surface area (Å²) in [4.78, 5) is 0. The summed E-state index contributed by atoms with van der Waals surface area (Å²) >= 11 is 22.1. The van der Waals surface area contributed by atoms with Crippen LogP contribution in [0.5, 0.6) is 0 Å². The molecule has 0 spiro atoms. The summed E-state index contributed by atoms with van der Waals surface area (Å²) in [7, 11) is 3.47. The van der Waals surface area contributed by atoms with Gasteiger partial charge in [-0.3, -0.25) is 4.48 Å². The summed E-state index contributed by atoms with van der Waals surface area (Å²) in [5.41, 5.74) is 0. The molecule has 0 amide bonds. The zero-order chi connectivity index (χ0) is 7.71. The van der Waals surface area contributed by atoms with Gasteiger partial charge in [0.25, 0.3) is 0 Å². The van der Waals surface area contributed by atoms with Crippen molar-refractivity contribution in [1.29, 1.82) is 0 Å². The molecule has 56 valence electrons. The Kier molecular flexibility index (Phi) is 3.39. The van der Waals surface area contributed by atoms with Crippen molar-refractivity contribution in [3.63, 3.8) is 0 Å². The third-order valence-electron chi connectivity index (χ3n) is 0.985. The van der Waals surface area contributed by atoms with Crippen LogP contribution in [0, 0.1) is 0 Å². The standard InChI is InChI=1S/C4H8Cl4N/c1-9(2,3-5)4(6,7)8/h3H2,1-2H3/q+1. The lowest BCUT2D eigenvalue weighted by molar-refractivity contribution is -0.889. The minimum absolute atomic E-state index is 0.152. The normalized spacial score (nSPS) is 14.0. The molecule has 0 aromatic carbocycles. The highest BCUT2D eigenvalue weighted by molar-refractivity contribution is 6.66. The number of nitrogens with zero attached hydrogens (tertiary/aromatic N) is 1. The molecule has 0 N–H and O–H groups in total. The highest BCUT2D eigenvalue weighted by Gasteiger charge is 2.39. The quantitative estimate of drug-likeness (QED) is 0.356. The van der Waals surface area contributed by atoms with Crippen LogP contribution < -0.4 is 0 Å². The second-order valence-corrected chi connectivity index (χ2v) is 4.73. The molecule has 0 aromatic heterocycles. The minimum Gasteiger partial charge on any atom is -0.271 e. The van der Waals surface area contributed by atoms with E-state index >= 15 is 0 Å². The van der Waals surface area contributed by atoms with Crippen LogP contribution in [0.25, 0.3) is 0 Å². The smallest absolute Gasteiger partial charge is 0.271 e. The molecule has 0 radical (unpaired) electrons. The summed E-state index contributed by atoms with van der Waals surface area (Å²) < 4.78 is -1.18. The average Bonchev–Trinajstić information content (AvgIpc) is 1.64. The molecular weight excluding hydrogens is 204 g/mol. The van der Waals surface area contributed by atoms with Gasteiger partial charge in [-0.25, -0.2) is 0 Å². The van der Waals surface area contributed by atoms with Gasteiger partial charge in [0.05, 0.1) is 14.1 Å². The van der Waals surface area contributed by atoms with E-state index in [1.807, 2.05) is 0 Å². The van der Waals surface area contributed by atoms with Gasteiger partial charge in [-0.1, -0.05) is 11.6 Å². The third kappa shape index (κ3) is 2.69. The first-order valence-electron chi connectivity index (χ1n) is 2.27. The van der Waals surface area contributed by atoms with Crippen molar-refractivity contribution in [3.05, 3.63) is 0 Å². The van der Waals surface area contributed by atoms with Gasteiger partial charge in [-0.15, -0.1) is 0 Å². The van der Waals surface area contributed by atoms with Crippen LogP contribution in [-0.2, 0) is 0 Å². The molecule has 0 saturated heterocycles. The first-order chi connectivity index (χ1) is 3.81. The lowest BCUT2D eigenvalue weighted by atomic mass is 10.7. The van der Waals surface area contributed by atoms with Crippen molar-refractivity contribution >= 4 is 46.4 Å². The van der Waals surface area contributed by atoms with Crippen molar-refractivity contribution in [2.45, 2.75) is 3.92 Å². The van der Waals surface area contributed by atoms with Gasteiger partial charge in [0, 0.05) is 0 Å². The monoisotopic (exact) mass is 210 g/mol. The molecule has 0 heterocycles. The van der Waals surface area contributed by atoms with Crippen molar-refractivity contribution < 1.29 is 4.48 Å². The molecule has 0 bridgehead atoms. The maximum atomic E-state index is 5.54. The Morgan fingerprint density at radius 3 is 1.56 bits per heavy atom. The summed E-state index contributed by atoms with van der Waals surface area (Å²) in [5, 5.41) is 0. The largest absolute Gasteiger partial charge is 0.330 e. The molecule has 1 nitrogen and oxygen atoms in total. The summed E-state index contributed by atoms with van der Waals surface area (Å²) in [5.74, 6) is 0. The molecule has 0 fully saturated rings. The number of alkyl halides is 4. The van der Waals surface area contributed by atoms with Crippen LogP contribution >= 0.6 is 46.4 Å². The van der Waals surface area contributed by atoms with E-state index in [0.29, 0.717) is 0 Å². The van der Waals surface area contributed by atoms with Crippen LogP contribution in [0.4, 0.5) is 0 Å². The van der Waals surface area contributed by atoms with E-state index in [4.69, 9.17) is 46.4 Å². The van der Waals surface area contributed by atoms with Gasteiger partial charge >= 0.3 is 3.92 Å². The van der Waals surface area contributed by atoms with Crippen molar-refractivity contribution in [2.75, 3.05) is 20.1 Å². The molecule has 0 aliphatic heterocycles. The van der Waals surface area contributed by atoms with E-state index in [9.17, 15) is 0 Å². The molecule has 0 aliphatic carbocycles. The van der Waals surface area contributed by atoms with E-state index in [-0.39, 0.29) is 10.5 Å². The Morgan fingerprint density at radius 2 is 1.56 bits per heavy atom.